The Kier molecular flexibility index (Phi) is 7.11. The van der Waals surface area contributed by atoms with Crippen molar-refractivity contribution in [2.75, 3.05) is 20.3 Å². The summed E-state index contributed by atoms with van der Waals surface area (Å²) in [5.41, 5.74) is 4.00. The second-order valence-corrected chi connectivity index (χ2v) is 5.62. The quantitative estimate of drug-likeness (QED) is 0.765. The second kappa shape index (κ2) is 8.34. The van der Waals surface area contributed by atoms with Crippen molar-refractivity contribution in [2.24, 2.45) is 5.92 Å². The molecule has 0 aliphatic carbocycles. The molecule has 2 heteroatoms. The third kappa shape index (κ3) is 5.33. The van der Waals surface area contributed by atoms with Gasteiger partial charge in [0.2, 0.25) is 0 Å². The maximum absolute atomic E-state index is 5.86. The Labute approximate surface area is 118 Å². The highest BCUT2D eigenvalue weighted by Crippen LogP contribution is 2.18. The molecule has 2 atom stereocenters. The van der Waals surface area contributed by atoms with Gasteiger partial charge in [0.05, 0.1) is 12.6 Å². The highest BCUT2D eigenvalue weighted by atomic mass is 16.5. The molecule has 0 amide bonds. The Morgan fingerprint density at radius 1 is 1.16 bits per heavy atom. The molecule has 0 fully saturated rings. The molecule has 1 aromatic rings. The first-order valence-electron chi connectivity index (χ1n) is 7.40. The fraction of sp³-hybridized carbons (Fsp3) is 0.647. The lowest BCUT2D eigenvalue weighted by atomic mass is 10.0. The molecule has 0 heterocycles. The predicted octanol–water partition coefficient (Wildman–Crippen LogP) is 4.02. The summed E-state index contributed by atoms with van der Waals surface area (Å²) in [6.07, 6.45) is 2.48. The molecule has 108 valence electrons. The van der Waals surface area contributed by atoms with Gasteiger partial charge in [0.25, 0.3) is 0 Å². The van der Waals surface area contributed by atoms with E-state index in [9.17, 15) is 0 Å². The van der Waals surface area contributed by atoms with Gasteiger partial charge in [0.1, 0.15) is 0 Å². The Bertz CT molecular complexity index is 376. The van der Waals surface area contributed by atoms with Gasteiger partial charge in [-0.15, -0.1) is 0 Å². The molecule has 1 N–H and O–H groups in total. The van der Waals surface area contributed by atoms with Gasteiger partial charge in [0, 0.05) is 6.61 Å². The molecule has 2 nitrogen and oxygen atoms in total. The third-order valence-corrected chi connectivity index (χ3v) is 3.75. The van der Waals surface area contributed by atoms with Crippen molar-refractivity contribution in [3.63, 3.8) is 0 Å². The molecule has 19 heavy (non-hydrogen) atoms. The fourth-order valence-corrected chi connectivity index (χ4v) is 2.29. The topological polar surface area (TPSA) is 21.3 Å². The molecule has 2 unspecified atom stereocenters. The van der Waals surface area contributed by atoms with Crippen LogP contribution in [0.1, 0.15) is 49.4 Å². The number of benzene rings is 1. The first-order chi connectivity index (χ1) is 9.08. The second-order valence-electron chi connectivity index (χ2n) is 5.62. The SMILES string of the molecule is CCCC(C)COCC(NC)c1ccc(C)c(C)c1. The molecule has 0 aliphatic rings. The van der Waals surface area contributed by atoms with Gasteiger partial charge < -0.3 is 10.1 Å². The van der Waals surface area contributed by atoms with Crippen molar-refractivity contribution in [3.05, 3.63) is 34.9 Å². The monoisotopic (exact) mass is 263 g/mol. The number of likely N-dealkylation sites (N-methyl/N-ethyl adjacent to an activating group) is 1. The van der Waals surface area contributed by atoms with E-state index in [0.29, 0.717) is 5.92 Å². The largest absolute Gasteiger partial charge is 0.379 e. The normalized spacial score (nSPS) is 14.4. The van der Waals surface area contributed by atoms with E-state index >= 15 is 0 Å². The highest BCUT2D eigenvalue weighted by Gasteiger charge is 2.11. The lowest BCUT2D eigenvalue weighted by Gasteiger charge is -2.19. The first-order valence-corrected chi connectivity index (χ1v) is 7.40. The Morgan fingerprint density at radius 2 is 1.89 bits per heavy atom. The van der Waals surface area contributed by atoms with E-state index in [1.54, 1.807) is 0 Å². The lowest BCUT2D eigenvalue weighted by Crippen LogP contribution is -2.23. The summed E-state index contributed by atoms with van der Waals surface area (Å²) in [6.45, 7) is 10.4. The molecular weight excluding hydrogens is 234 g/mol. The highest BCUT2D eigenvalue weighted by molar-refractivity contribution is 5.31. The van der Waals surface area contributed by atoms with E-state index in [2.05, 4.69) is 51.2 Å². The summed E-state index contributed by atoms with van der Waals surface area (Å²) in [5.74, 6) is 0.655. The number of nitrogens with one attached hydrogen (secondary N) is 1. The minimum absolute atomic E-state index is 0.285. The van der Waals surface area contributed by atoms with Crippen LogP contribution in [0.5, 0.6) is 0 Å². The van der Waals surface area contributed by atoms with Gasteiger partial charge in [-0.05, 0) is 49.9 Å². The van der Waals surface area contributed by atoms with Crippen LogP contribution in [0.2, 0.25) is 0 Å². The van der Waals surface area contributed by atoms with Crippen molar-refractivity contribution in [1.82, 2.24) is 5.32 Å². The van der Waals surface area contributed by atoms with Crippen molar-refractivity contribution in [1.29, 1.82) is 0 Å². The van der Waals surface area contributed by atoms with Gasteiger partial charge >= 0.3 is 0 Å². The van der Waals surface area contributed by atoms with Gasteiger partial charge in [-0.25, -0.2) is 0 Å². The van der Waals surface area contributed by atoms with Gasteiger partial charge in [0.15, 0.2) is 0 Å². The fourth-order valence-electron chi connectivity index (χ4n) is 2.29. The predicted molar refractivity (Wildman–Crippen MR) is 82.6 cm³/mol. The van der Waals surface area contributed by atoms with Crippen LogP contribution in [0.25, 0.3) is 0 Å². The summed E-state index contributed by atoms with van der Waals surface area (Å²) >= 11 is 0. The standard InChI is InChI=1S/C17H29NO/c1-6-7-13(2)11-19-12-17(18-5)16-9-8-14(3)15(4)10-16/h8-10,13,17-18H,6-7,11-12H2,1-5H3. The van der Waals surface area contributed by atoms with Crippen LogP contribution < -0.4 is 5.32 Å². The van der Waals surface area contributed by atoms with Gasteiger partial charge in [-0.3, -0.25) is 0 Å². The van der Waals surface area contributed by atoms with Crippen LogP contribution in [0.15, 0.2) is 18.2 Å². The average Bonchev–Trinajstić information content (AvgIpc) is 2.38. The Balaban J connectivity index is 2.51. The number of aryl methyl sites for hydroxylation is 2. The lowest BCUT2D eigenvalue weighted by molar-refractivity contribution is 0.0848. The minimum Gasteiger partial charge on any atom is -0.379 e. The van der Waals surface area contributed by atoms with E-state index < -0.39 is 0 Å². The van der Waals surface area contributed by atoms with Gasteiger partial charge in [-0.1, -0.05) is 38.5 Å². The van der Waals surface area contributed by atoms with Crippen LogP contribution in [0.4, 0.5) is 0 Å². The molecule has 1 rings (SSSR count). The summed E-state index contributed by atoms with van der Waals surface area (Å²) in [5, 5.41) is 3.35. The van der Waals surface area contributed by atoms with Crippen molar-refractivity contribution in [3.8, 4) is 0 Å². The van der Waals surface area contributed by atoms with Gasteiger partial charge in [-0.2, -0.15) is 0 Å². The number of ether oxygens (including phenoxy) is 1. The number of hydrogen-bond acceptors (Lipinski definition) is 2. The molecule has 0 aliphatic heterocycles. The molecule has 1 aromatic carbocycles. The summed E-state index contributed by atoms with van der Waals surface area (Å²) < 4.78 is 5.86. The Morgan fingerprint density at radius 3 is 2.47 bits per heavy atom. The zero-order valence-electron chi connectivity index (χ0n) is 13.1. The van der Waals surface area contributed by atoms with Crippen LogP contribution in [-0.4, -0.2) is 20.3 Å². The smallest absolute Gasteiger partial charge is 0.0661 e. The summed E-state index contributed by atoms with van der Waals surface area (Å²) in [4.78, 5) is 0. The molecule has 0 radical (unpaired) electrons. The van der Waals surface area contributed by atoms with Crippen LogP contribution >= 0.6 is 0 Å². The average molecular weight is 263 g/mol. The van der Waals surface area contributed by atoms with E-state index in [1.807, 2.05) is 7.05 Å². The maximum Gasteiger partial charge on any atom is 0.0661 e. The summed E-state index contributed by atoms with van der Waals surface area (Å²) in [6, 6.07) is 6.93. The molecule has 0 bridgehead atoms. The zero-order chi connectivity index (χ0) is 14.3. The molecule has 0 saturated carbocycles. The first kappa shape index (κ1) is 16.2. The van der Waals surface area contributed by atoms with Crippen LogP contribution in [0, 0.1) is 19.8 Å². The van der Waals surface area contributed by atoms with E-state index in [0.717, 1.165) is 13.2 Å². The van der Waals surface area contributed by atoms with Crippen LogP contribution in [-0.2, 0) is 4.74 Å². The minimum atomic E-state index is 0.285. The zero-order valence-corrected chi connectivity index (χ0v) is 13.1. The number of rotatable bonds is 8. The molecule has 0 aromatic heterocycles. The summed E-state index contributed by atoms with van der Waals surface area (Å²) in [7, 11) is 2.00. The van der Waals surface area contributed by atoms with Crippen molar-refractivity contribution < 1.29 is 4.74 Å². The van der Waals surface area contributed by atoms with Crippen molar-refractivity contribution >= 4 is 0 Å². The van der Waals surface area contributed by atoms with Crippen LogP contribution in [0.3, 0.4) is 0 Å². The van der Waals surface area contributed by atoms with E-state index in [4.69, 9.17) is 4.74 Å². The van der Waals surface area contributed by atoms with E-state index in [1.165, 1.54) is 29.5 Å². The molecular formula is C17H29NO. The third-order valence-electron chi connectivity index (χ3n) is 3.75. The van der Waals surface area contributed by atoms with E-state index in [-0.39, 0.29) is 6.04 Å². The maximum atomic E-state index is 5.86. The van der Waals surface area contributed by atoms with Crippen molar-refractivity contribution in [2.45, 2.75) is 46.6 Å². The molecule has 0 spiro atoms. The number of hydrogen-bond donors (Lipinski definition) is 1. The molecule has 0 saturated heterocycles. The Hall–Kier alpha value is -0.860.